The number of carbonyl (C=O) groups excluding carboxylic acids is 3. The second kappa shape index (κ2) is 10.0. The molecule has 0 heterocycles. The van der Waals surface area contributed by atoms with Crippen LogP contribution in [0.5, 0.6) is 0 Å². The van der Waals surface area contributed by atoms with Crippen LogP contribution in [-0.2, 0) is 5.41 Å². The minimum absolute atomic E-state index is 0.0618. The number of benzene rings is 3. The normalized spacial score (nSPS) is 10.9. The zero-order valence-corrected chi connectivity index (χ0v) is 20.5. The second-order valence-electron chi connectivity index (χ2n) is 8.75. The van der Waals surface area contributed by atoms with Gasteiger partial charge in [-0.3, -0.25) is 25.2 Å². The third kappa shape index (κ3) is 6.29. The van der Waals surface area contributed by atoms with Gasteiger partial charge in [-0.25, -0.2) is 0 Å². The van der Waals surface area contributed by atoms with Gasteiger partial charge in [-0.15, -0.1) is 0 Å². The molecule has 3 aromatic carbocycles. The van der Waals surface area contributed by atoms with Crippen LogP contribution in [0.1, 0.15) is 63.0 Å². The van der Waals surface area contributed by atoms with Gasteiger partial charge in [0.1, 0.15) is 0 Å². The van der Waals surface area contributed by atoms with Gasteiger partial charge in [0, 0.05) is 26.9 Å². The van der Waals surface area contributed by atoms with Crippen molar-refractivity contribution in [1.82, 2.24) is 10.9 Å². The van der Waals surface area contributed by atoms with Gasteiger partial charge in [-0.05, 0) is 66.4 Å². The molecule has 0 aliphatic rings. The van der Waals surface area contributed by atoms with Crippen LogP contribution < -0.4 is 16.2 Å². The van der Waals surface area contributed by atoms with Crippen LogP contribution in [0.2, 0.25) is 0 Å². The molecular weight excluding hydrogens is 482 g/mol. The van der Waals surface area contributed by atoms with Crippen molar-refractivity contribution in [3.8, 4) is 0 Å². The number of halogens is 1. The summed E-state index contributed by atoms with van der Waals surface area (Å²) in [6, 6.07) is 19.0. The highest BCUT2D eigenvalue weighted by molar-refractivity contribution is 9.10. The topological polar surface area (TPSA) is 87.3 Å². The molecule has 33 heavy (non-hydrogen) atoms. The van der Waals surface area contributed by atoms with Gasteiger partial charge >= 0.3 is 0 Å². The molecule has 0 bridgehead atoms. The van der Waals surface area contributed by atoms with Crippen LogP contribution in [-0.4, -0.2) is 17.7 Å². The summed E-state index contributed by atoms with van der Waals surface area (Å²) in [4.78, 5) is 37.2. The molecule has 0 aromatic heterocycles. The maximum Gasteiger partial charge on any atom is 0.269 e. The average molecular weight is 508 g/mol. The first-order valence-electron chi connectivity index (χ1n) is 10.4. The van der Waals surface area contributed by atoms with Crippen LogP contribution in [0, 0.1) is 6.92 Å². The van der Waals surface area contributed by atoms with Crippen LogP contribution in [0.4, 0.5) is 5.69 Å². The fraction of sp³-hybridized carbons (Fsp3) is 0.192. The lowest BCUT2D eigenvalue weighted by Crippen LogP contribution is -2.41. The summed E-state index contributed by atoms with van der Waals surface area (Å²) in [7, 11) is 0. The standard InChI is InChI=1S/C26H26BrN3O3/c1-16-6-5-7-18(14-16)23(31)28-20-11-8-17(9-12-20)24(32)29-30-25(33)19-10-13-21(22(27)15-19)26(2,3)4/h5-15H,1-4H3,(H,28,31)(H,29,32)(H,30,33). The number of hydrogen-bond donors (Lipinski definition) is 3. The van der Waals surface area contributed by atoms with Gasteiger partial charge in [-0.2, -0.15) is 0 Å². The molecule has 0 saturated heterocycles. The molecule has 3 amide bonds. The number of rotatable bonds is 4. The van der Waals surface area contributed by atoms with Crippen molar-refractivity contribution in [3.05, 3.63) is 99.0 Å². The van der Waals surface area contributed by atoms with Gasteiger partial charge in [0.2, 0.25) is 0 Å². The number of anilines is 1. The van der Waals surface area contributed by atoms with Gasteiger partial charge < -0.3 is 5.32 Å². The summed E-state index contributed by atoms with van der Waals surface area (Å²) < 4.78 is 0.831. The monoisotopic (exact) mass is 507 g/mol. The summed E-state index contributed by atoms with van der Waals surface area (Å²) in [5.41, 5.74) is 8.73. The van der Waals surface area contributed by atoms with E-state index < -0.39 is 11.8 Å². The molecule has 0 saturated carbocycles. The third-order valence-corrected chi connectivity index (χ3v) is 5.67. The predicted octanol–water partition coefficient (Wildman–Crippen LogP) is 5.38. The van der Waals surface area contributed by atoms with Gasteiger partial charge in [0.05, 0.1) is 0 Å². The van der Waals surface area contributed by atoms with E-state index in [0.29, 0.717) is 22.4 Å². The highest BCUT2D eigenvalue weighted by Gasteiger charge is 2.18. The summed E-state index contributed by atoms with van der Waals surface area (Å²) >= 11 is 3.51. The molecule has 3 N–H and O–H groups in total. The molecule has 0 aliphatic heterocycles. The molecule has 0 aliphatic carbocycles. The number of aryl methyl sites for hydroxylation is 1. The van der Waals surface area contributed by atoms with E-state index in [1.54, 1.807) is 48.5 Å². The van der Waals surface area contributed by atoms with E-state index in [4.69, 9.17) is 0 Å². The molecule has 3 aromatic rings. The maximum atomic E-state index is 12.4. The van der Waals surface area contributed by atoms with E-state index in [-0.39, 0.29) is 11.3 Å². The van der Waals surface area contributed by atoms with Crippen LogP contribution >= 0.6 is 15.9 Å². The zero-order valence-electron chi connectivity index (χ0n) is 19.0. The Morgan fingerprint density at radius 2 is 1.30 bits per heavy atom. The Bertz CT molecular complexity index is 1200. The minimum atomic E-state index is -0.467. The predicted molar refractivity (Wildman–Crippen MR) is 133 cm³/mol. The van der Waals surface area contributed by atoms with Crippen molar-refractivity contribution in [1.29, 1.82) is 0 Å². The van der Waals surface area contributed by atoms with E-state index in [9.17, 15) is 14.4 Å². The number of nitrogens with one attached hydrogen (secondary N) is 3. The highest BCUT2D eigenvalue weighted by atomic mass is 79.9. The lowest BCUT2D eigenvalue weighted by Gasteiger charge is -2.21. The lowest BCUT2D eigenvalue weighted by molar-refractivity contribution is 0.0846. The van der Waals surface area contributed by atoms with Crippen molar-refractivity contribution < 1.29 is 14.4 Å². The summed E-state index contributed by atoms with van der Waals surface area (Å²) in [5, 5.41) is 2.80. The molecule has 0 unspecified atom stereocenters. The van der Waals surface area contributed by atoms with E-state index in [0.717, 1.165) is 15.6 Å². The molecule has 3 rings (SSSR count). The molecule has 0 atom stereocenters. The number of amides is 3. The first-order chi connectivity index (χ1) is 15.5. The van der Waals surface area contributed by atoms with E-state index in [1.807, 2.05) is 25.1 Å². The van der Waals surface area contributed by atoms with Crippen molar-refractivity contribution in [2.45, 2.75) is 33.1 Å². The summed E-state index contributed by atoms with van der Waals surface area (Å²) in [6.45, 7) is 8.19. The second-order valence-corrected chi connectivity index (χ2v) is 9.61. The lowest BCUT2D eigenvalue weighted by atomic mass is 9.86. The smallest absolute Gasteiger partial charge is 0.269 e. The van der Waals surface area contributed by atoms with Crippen LogP contribution in [0.25, 0.3) is 0 Å². The van der Waals surface area contributed by atoms with E-state index in [2.05, 4.69) is 52.9 Å². The molecular formula is C26H26BrN3O3. The number of hydrazine groups is 1. The fourth-order valence-corrected chi connectivity index (χ4v) is 4.19. The fourth-order valence-electron chi connectivity index (χ4n) is 3.22. The Morgan fingerprint density at radius 1 is 0.727 bits per heavy atom. The molecule has 7 heteroatoms. The van der Waals surface area contributed by atoms with E-state index >= 15 is 0 Å². The Labute approximate surface area is 201 Å². The number of hydrogen-bond acceptors (Lipinski definition) is 3. The Balaban J connectivity index is 1.58. The Morgan fingerprint density at radius 3 is 1.88 bits per heavy atom. The third-order valence-electron chi connectivity index (χ3n) is 5.01. The van der Waals surface area contributed by atoms with Crippen LogP contribution in [0.3, 0.4) is 0 Å². The molecule has 0 fully saturated rings. The largest absolute Gasteiger partial charge is 0.322 e. The first kappa shape index (κ1) is 24.2. The van der Waals surface area contributed by atoms with Crippen LogP contribution in [0.15, 0.2) is 71.2 Å². The minimum Gasteiger partial charge on any atom is -0.322 e. The maximum absolute atomic E-state index is 12.4. The molecule has 6 nitrogen and oxygen atoms in total. The Kier molecular flexibility index (Phi) is 7.33. The summed E-state index contributed by atoms with van der Waals surface area (Å²) in [6.07, 6.45) is 0. The summed E-state index contributed by atoms with van der Waals surface area (Å²) in [5.74, 6) is -1.12. The number of carbonyl (C=O) groups is 3. The van der Waals surface area contributed by atoms with Crippen molar-refractivity contribution in [2.75, 3.05) is 5.32 Å². The molecule has 170 valence electrons. The average Bonchev–Trinajstić information content (AvgIpc) is 2.76. The van der Waals surface area contributed by atoms with Crippen molar-refractivity contribution in [2.24, 2.45) is 0 Å². The van der Waals surface area contributed by atoms with Crippen molar-refractivity contribution in [3.63, 3.8) is 0 Å². The van der Waals surface area contributed by atoms with Gasteiger partial charge in [0.25, 0.3) is 17.7 Å². The van der Waals surface area contributed by atoms with Gasteiger partial charge in [0.15, 0.2) is 0 Å². The SMILES string of the molecule is Cc1cccc(C(=O)Nc2ccc(C(=O)NNC(=O)c3ccc(C(C)(C)C)c(Br)c3)cc2)c1. The molecule has 0 radical (unpaired) electrons. The highest BCUT2D eigenvalue weighted by Crippen LogP contribution is 2.30. The quantitative estimate of drug-likeness (QED) is 0.414. The molecule has 0 spiro atoms. The van der Waals surface area contributed by atoms with E-state index in [1.165, 1.54) is 0 Å². The first-order valence-corrected chi connectivity index (χ1v) is 11.2. The Hall–Kier alpha value is -3.45. The van der Waals surface area contributed by atoms with Gasteiger partial charge in [-0.1, -0.05) is 60.5 Å². The zero-order chi connectivity index (χ0) is 24.2. The van der Waals surface area contributed by atoms with Crippen molar-refractivity contribution >= 4 is 39.3 Å².